The van der Waals surface area contributed by atoms with Crippen LogP contribution in [0.2, 0.25) is 0 Å². The Morgan fingerprint density at radius 1 is 0.556 bits per heavy atom. The smallest absolute Gasteiger partial charge is 0.158 e. The van der Waals surface area contributed by atoms with E-state index >= 15 is 0 Å². The van der Waals surface area contributed by atoms with Gasteiger partial charge in [0.2, 0.25) is 0 Å². The van der Waals surface area contributed by atoms with Gasteiger partial charge in [-0.05, 0) is 74.5 Å². The summed E-state index contributed by atoms with van der Waals surface area (Å²) in [7, 11) is 0. The van der Waals surface area contributed by atoms with Gasteiger partial charge in [0.25, 0.3) is 0 Å². The quantitative estimate of drug-likeness (QED) is 0.590. The van der Waals surface area contributed by atoms with Crippen molar-refractivity contribution in [3.8, 4) is 0 Å². The second-order valence-electron chi connectivity index (χ2n) is 7.19. The molecule has 0 atom stereocenters. The van der Waals surface area contributed by atoms with Crippen molar-refractivity contribution in [1.29, 1.82) is 0 Å². The Kier molecular flexibility index (Phi) is 11.6. The fraction of sp³-hybridized carbons (Fsp3) is 0.625. The number of hydrogen-bond donors (Lipinski definition) is 0. The first kappa shape index (κ1) is 23.3. The summed E-state index contributed by atoms with van der Waals surface area (Å²) in [5, 5.41) is 0. The summed E-state index contributed by atoms with van der Waals surface area (Å²) < 4.78 is 0. The molecular weight excluding hydrogens is 336 g/mol. The Morgan fingerprint density at radius 2 is 0.963 bits per heavy atom. The minimum atomic E-state index is 0.354. The number of allylic oxidation sites excluding steroid dienone is 6. The Labute approximate surface area is 165 Å². The van der Waals surface area contributed by atoms with Crippen molar-refractivity contribution in [1.82, 2.24) is 0 Å². The summed E-state index contributed by atoms with van der Waals surface area (Å²) in [6.45, 7) is 6.11. The van der Waals surface area contributed by atoms with Crippen LogP contribution >= 0.6 is 0 Å². The van der Waals surface area contributed by atoms with Gasteiger partial charge in [0.15, 0.2) is 17.3 Å². The maximum Gasteiger partial charge on any atom is 0.158 e. The van der Waals surface area contributed by atoms with Crippen molar-refractivity contribution in [2.45, 2.75) is 97.8 Å². The fourth-order valence-electron chi connectivity index (χ4n) is 3.47. The van der Waals surface area contributed by atoms with Crippen LogP contribution in [-0.4, -0.2) is 17.3 Å². The monoisotopic (exact) mass is 372 g/mol. The summed E-state index contributed by atoms with van der Waals surface area (Å²) in [6.07, 6.45) is 17.8. The average molecular weight is 373 g/mol. The Hall–Kier alpha value is -1.77. The predicted molar refractivity (Wildman–Crippen MR) is 112 cm³/mol. The molecule has 3 heteroatoms. The number of rotatable bonds is 3. The number of carbonyl (C=O) groups is 3. The van der Waals surface area contributed by atoms with Gasteiger partial charge in [0.1, 0.15) is 0 Å². The molecule has 150 valence electrons. The first-order valence-corrected chi connectivity index (χ1v) is 10.7. The highest BCUT2D eigenvalue weighted by molar-refractivity contribution is 5.97. The van der Waals surface area contributed by atoms with E-state index in [1.165, 1.54) is 6.42 Å². The molecule has 0 saturated carbocycles. The molecule has 0 heterocycles. The molecule has 0 N–H and O–H groups in total. The predicted octanol–water partition coefficient (Wildman–Crippen LogP) is 6.23. The van der Waals surface area contributed by atoms with Gasteiger partial charge in [-0.15, -0.1) is 0 Å². The Morgan fingerprint density at radius 3 is 1.41 bits per heavy atom. The molecule has 0 aromatic heterocycles. The molecule has 0 aromatic carbocycles. The van der Waals surface area contributed by atoms with Gasteiger partial charge < -0.3 is 0 Å². The molecule has 0 unspecified atom stereocenters. The highest BCUT2D eigenvalue weighted by Crippen LogP contribution is 2.17. The lowest BCUT2D eigenvalue weighted by molar-refractivity contribution is -0.116. The van der Waals surface area contributed by atoms with Crippen LogP contribution in [0, 0.1) is 0 Å². The third-order valence-electron chi connectivity index (χ3n) is 5.23. The second-order valence-corrected chi connectivity index (χ2v) is 7.19. The zero-order chi connectivity index (χ0) is 20.1. The Bertz CT molecular complexity index is 605. The van der Waals surface area contributed by atoms with Crippen LogP contribution in [0.4, 0.5) is 0 Å². The number of Topliss-reactive ketones (excluding diaryl/α,β-unsaturated/α-hetero) is 3. The van der Waals surface area contributed by atoms with E-state index in [2.05, 4.69) is 19.1 Å². The molecule has 0 fully saturated rings. The maximum atomic E-state index is 11.2. The molecule has 0 radical (unpaired) electrons. The SMILES string of the molecule is CCC1=CCCC1=O.CCC1=CCCCC1=O.CCC1=CCCCCC1=O. The number of ketones is 3. The molecule has 3 rings (SSSR count). The van der Waals surface area contributed by atoms with Crippen LogP contribution in [0.5, 0.6) is 0 Å². The van der Waals surface area contributed by atoms with E-state index in [1.54, 1.807) is 0 Å². The summed E-state index contributed by atoms with van der Waals surface area (Å²) in [5.74, 6) is 1.09. The van der Waals surface area contributed by atoms with E-state index < -0.39 is 0 Å². The zero-order valence-corrected chi connectivity index (χ0v) is 17.4. The summed E-state index contributed by atoms with van der Waals surface area (Å²) in [5.41, 5.74) is 3.13. The lowest BCUT2D eigenvalue weighted by Crippen LogP contribution is -2.05. The molecule has 0 spiro atoms. The van der Waals surface area contributed by atoms with E-state index in [0.29, 0.717) is 17.3 Å². The summed E-state index contributed by atoms with van der Waals surface area (Å²) in [6, 6.07) is 0. The molecule has 0 bridgehead atoms. The van der Waals surface area contributed by atoms with Crippen molar-refractivity contribution in [3.05, 3.63) is 34.9 Å². The topological polar surface area (TPSA) is 51.2 Å². The van der Waals surface area contributed by atoms with Crippen LogP contribution in [0.15, 0.2) is 34.9 Å². The van der Waals surface area contributed by atoms with Gasteiger partial charge in [0, 0.05) is 19.3 Å². The lowest BCUT2D eigenvalue weighted by Gasteiger charge is -2.07. The average Bonchev–Trinajstić information content (AvgIpc) is 2.99. The molecule has 3 nitrogen and oxygen atoms in total. The van der Waals surface area contributed by atoms with Crippen LogP contribution in [0.3, 0.4) is 0 Å². The third-order valence-corrected chi connectivity index (χ3v) is 5.23. The molecule has 3 aliphatic carbocycles. The van der Waals surface area contributed by atoms with Gasteiger partial charge in [-0.2, -0.15) is 0 Å². The van der Waals surface area contributed by atoms with Gasteiger partial charge in [0.05, 0.1) is 0 Å². The van der Waals surface area contributed by atoms with Crippen molar-refractivity contribution < 1.29 is 14.4 Å². The van der Waals surface area contributed by atoms with Crippen LogP contribution in [-0.2, 0) is 14.4 Å². The molecule has 0 aromatic rings. The van der Waals surface area contributed by atoms with Gasteiger partial charge >= 0.3 is 0 Å². The zero-order valence-electron chi connectivity index (χ0n) is 17.4. The van der Waals surface area contributed by atoms with Crippen molar-refractivity contribution >= 4 is 17.3 Å². The van der Waals surface area contributed by atoms with Crippen LogP contribution in [0.1, 0.15) is 97.8 Å². The molecule has 0 saturated heterocycles. The van der Waals surface area contributed by atoms with Gasteiger partial charge in [-0.1, -0.05) is 39.0 Å². The molecule has 27 heavy (non-hydrogen) atoms. The first-order valence-electron chi connectivity index (χ1n) is 10.7. The highest BCUT2D eigenvalue weighted by atomic mass is 16.1. The largest absolute Gasteiger partial charge is 0.295 e. The number of carbonyl (C=O) groups excluding carboxylic acids is 3. The molecule has 3 aliphatic rings. The van der Waals surface area contributed by atoms with Crippen LogP contribution in [0.25, 0.3) is 0 Å². The van der Waals surface area contributed by atoms with E-state index in [4.69, 9.17) is 0 Å². The van der Waals surface area contributed by atoms with E-state index in [9.17, 15) is 14.4 Å². The van der Waals surface area contributed by atoms with E-state index in [0.717, 1.165) is 87.3 Å². The Balaban J connectivity index is 0.000000204. The standard InChI is InChI=1S/C9H14O.C8H12O.C7H10O/c1-2-8-6-4-3-5-7-9(8)10;1-2-7-5-3-4-6-8(7)9;1-2-6-4-3-5-7(6)8/h6H,2-5,7H2,1H3;5H,2-4,6H2,1H3;4H,2-3,5H2,1H3. The molecule has 0 aliphatic heterocycles. The van der Waals surface area contributed by atoms with Crippen molar-refractivity contribution in [2.75, 3.05) is 0 Å². The van der Waals surface area contributed by atoms with Gasteiger partial charge in [-0.3, -0.25) is 14.4 Å². The molecular formula is C24H36O3. The first-order chi connectivity index (χ1) is 13.0. The second kappa shape index (κ2) is 13.4. The van der Waals surface area contributed by atoms with Crippen molar-refractivity contribution in [2.24, 2.45) is 0 Å². The van der Waals surface area contributed by atoms with E-state index in [1.807, 2.05) is 19.9 Å². The van der Waals surface area contributed by atoms with Crippen LogP contribution < -0.4 is 0 Å². The number of hydrogen-bond acceptors (Lipinski definition) is 3. The lowest BCUT2D eigenvalue weighted by atomic mass is 9.97. The van der Waals surface area contributed by atoms with Gasteiger partial charge in [-0.25, -0.2) is 0 Å². The molecule has 0 amide bonds. The fourth-order valence-corrected chi connectivity index (χ4v) is 3.47. The van der Waals surface area contributed by atoms with E-state index in [-0.39, 0.29) is 0 Å². The summed E-state index contributed by atoms with van der Waals surface area (Å²) >= 11 is 0. The van der Waals surface area contributed by atoms with Crippen molar-refractivity contribution in [3.63, 3.8) is 0 Å². The maximum absolute atomic E-state index is 11.2. The summed E-state index contributed by atoms with van der Waals surface area (Å²) in [4.78, 5) is 32.9. The minimum Gasteiger partial charge on any atom is -0.295 e. The minimum absolute atomic E-state index is 0.354. The highest BCUT2D eigenvalue weighted by Gasteiger charge is 2.11. The normalized spacial score (nSPS) is 19.7. The third kappa shape index (κ3) is 8.64.